The van der Waals surface area contributed by atoms with Gasteiger partial charge in [0.15, 0.2) is 11.5 Å². The molecular weight excluding hydrogens is 318 g/mol. The van der Waals surface area contributed by atoms with Gasteiger partial charge in [0.1, 0.15) is 12.4 Å². The molecule has 0 saturated heterocycles. The van der Waals surface area contributed by atoms with E-state index < -0.39 is 6.10 Å². The van der Waals surface area contributed by atoms with E-state index in [1.54, 1.807) is 0 Å². The average Bonchev–Trinajstić information content (AvgIpc) is 3.21. The van der Waals surface area contributed by atoms with Crippen LogP contribution in [0.5, 0.6) is 11.5 Å². The summed E-state index contributed by atoms with van der Waals surface area (Å²) in [7, 11) is 0. The van der Waals surface area contributed by atoms with E-state index in [9.17, 15) is 0 Å². The van der Waals surface area contributed by atoms with Gasteiger partial charge < -0.3 is 18.4 Å². The van der Waals surface area contributed by atoms with Gasteiger partial charge in [-0.1, -0.05) is 29.1 Å². The van der Waals surface area contributed by atoms with Gasteiger partial charge in [-0.2, -0.15) is 0 Å². The number of nitrogens with zero attached hydrogens (tertiary/aromatic N) is 3. The van der Waals surface area contributed by atoms with Gasteiger partial charge >= 0.3 is 0 Å². The molecule has 0 radical (unpaired) electrons. The number of benzene rings is 1. The first-order valence-corrected chi connectivity index (χ1v) is 8.03. The van der Waals surface area contributed by atoms with Crippen molar-refractivity contribution in [3.8, 4) is 11.5 Å². The Labute approximate surface area is 136 Å². The first-order valence-electron chi connectivity index (χ1n) is 7.05. The lowest BCUT2D eigenvalue weighted by atomic mass is 10.2. The van der Waals surface area contributed by atoms with E-state index in [-0.39, 0.29) is 0 Å². The Kier molecular flexibility index (Phi) is 3.66. The van der Waals surface area contributed by atoms with Crippen LogP contribution in [0.3, 0.4) is 0 Å². The van der Waals surface area contributed by atoms with E-state index >= 15 is 0 Å². The van der Waals surface area contributed by atoms with Crippen LogP contribution in [0.15, 0.2) is 44.5 Å². The Bertz CT molecular complexity index is 816. The van der Waals surface area contributed by atoms with E-state index in [2.05, 4.69) is 15.4 Å². The molecule has 1 aliphatic heterocycles. The van der Waals surface area contributed by atoms with E-state index in [0.717, 1.165) is 17.2 Å². The van der Waals surface area contributed by atoms with Crippen LogP contribution in [-0.2, 0) is 5.75 Å². The Morgan fingerprint density at radius 2 is 2.09 bits per heavy atom. The van der Waals surface area contributed by atoms with E-state index in [0.29, 0.717) is 29.2 Å². The molecule has 23 heavy (non-hydrogen) atoms. The third kappa shape index (κ3) is 3.02. The molecular formula is C15H13N3O4S. The van der Waals surface area contributed by atoms with Crippen molar-refractivity contribution in [2.24, 2.45) is 0 Å². The minimum atomic E-state index is -0.403. The predicted molar refractivity (Wildman–Crippen MR) is 80.4 cm³/mol. The van der Waals surface area contributed by atoms with Gasteiger partial charge in [-0.25, -0.2) is 0 Å². The molecule has 0 spiro atoms. The molecule has 1 atom stereocenters. The third-order valence-corrected chi connectivity index (χ3v) is 4.06. The molecule has 0 bridgehead atoms. The summed E-state index contributed by atoms with van der Waals surface area (Å²) in [4.78, 5) is 0. The topological polar surface area (TPSA) is 83.4 Å². The summed E-state index contributed by atoms with van der Waals surface area (Å²) < 4.78 is 22.3. The van der Waals surface area contributed by atoms with Crippen LogP contribution in [0.1, 0.15) is 23.4 Å². The van der Waals surface area contributed by atoms with Crippen LogP contribution >= 0.6 is 11.8 Å². The maximum absolute atomic E-state index is 5.84. The summed E-state index contributed by atoms with van der Waals surface area (Å²) in [6.45, 7) is 2.21. The molecule has 0 amide bonds. The SMILES string of the molecule is Cc1cc(CSc2nnc(C3COc4ccccc4O3)o2)on1. The highest BCUT2D eigenvalue weighted by atomic mass is 32.2. The molecule has 3 aromatic rings. The quantitative estimate of drug-likeness (QED) is 0.674. The van der Waals surface area contributed by atoms with Crippen molar-refractivity contribution in [1.82, 2.24) is 15.4 Å². The van der Waals surface area contributed by atoms with E-state index in [4.69, 9.17) is 18.4 Å². The molecule has 3 heterocycles. The number of rotatable bonds is 4. The van der Waals surface area contributed by atoms with E-state index in [1.165, 1.54) is 11.8 Å². The van der Waals surface area contributed by atoms with Crippen LogP contribution in [-0.4, -0.2) is 22.0 Å². The molecule has 1 unspecified atom stereocenters. The van der Waals surface area contributed by atoms with Crippen molar-refractivity contribution in [3.05, 3.63) is 47.7 Å². The fraction of sp³-hybridized carbons (Fsp3) is 0.267. The molecule has 0 N–H and O–H groups in total. The smallest absolute Gasteiger partial charge is 0.277 e. The van der Waals surface area contributed by atoms with Crippen LogP contribution in [0.4, 0.5) is 0 Å². The lowest BCUT2D eigenvalue weighted by Crippen LogP contribution is -2.21. The number of hydrogen-bond acceptors (Lipinski definition) is 8. The van der Waals surface area contributed by atoms with Gasteiger partial charge in [-0.15, -0.1) is 10.2 Å². The highest BCUT2D eigenvalue weighted by Crippen LogP contribution is 2.36. The first kappa shape index (κ1) is 14.1. The minimum Gasteiger partial charge on any atom is -0.485 e. The van der Waals surface area contributed by atoms with Crippen molar-refractivity contribution in [3.63, 3.8) is 0 Å². The standard InChI is InChI=1S/C15H13N3O4S/c1-9-6-10(22-18-9)8-23-15-17-16-14(21-15)13-7-19-11-4-2-3-5-12(11)20-13/h2-6,13H,7-8H2,1H3. The first-order chi connectivity index (χ1) is 11.3. The lowest BCUT2D eigenvalue weighted by Gasteiger charge is -2.23. The van der Waals surface area contributed by atoms with Crippen molar-refractivity contribution in [2.45, 2.75) is 24.0 Å². The number of para-hydroxylation sites is 2. The number of aryl methyl sites for hydroxylation is 1. The summed E-state index contributed by atoms with van der Waals surface area (Å²) in [5.74, 6) is 3.13. The van der Waals surface area contributed by atoms with Crippen molar-refractivity contribution < 1.29 is 18.4 Å². The summed E-state index contributed by atoms with van der Waals surface area (Å²) in [6, 6.07) is 9.37. The molecule has 118 valence electrons. The molecule has 7 nitrogen and oxygen atoms in total. The lowest BCUT2D eigenvalue weighted by molar-refractivity contribution is 0.0686. The molecule has 0 saturated carbocycles. The molecule has 4 rings (SSSR count). The van der Waals surface area contributed by atoms with Crippen molar-refractivity contribution in [1.29, 1.82) is 0 Å². The van der Waals surface area contributed by atoms with Gasteiger partial charge in [0.25, 0.3) is 11.1 Å². The average molecular weight is 331 g/mol. The van der Waals surface area contributed by atoms with Crippen LogP contribution in [0, 0.1) is 6.92 Å². The maximum Gasteiger partial charge on any atom is 0.277 e. The highest BCUT2D eigenvalue weighted by molar-refractivity contribution is 7.98. The second kappa shape index (κ2) is 5.96. The van der Waals surface area contributed by atoms with E-state index in [1.807, 2.05) is 37.3 Å². The zero-order valence-corrected chi connectivity index (χ0v) is 13.1. The van der Waals surface area contributed by atoms with Crippen LogP contribution in [0.2, 0.25) is 0 Å². The van der Waals surface area contributed by atoms with Gasteiger partial charge in [0, 0.05) is 6.07 Å². The normalized spacial score (nSPS) is 16.5. The molecule has 8 heteroatoms. The van der Waals surface area contributed by atoms with Gasteiger partial charge in [-0.3, -0.25) is 0 Å². The Morgan fingerprint density at radius 1 is 1.22 bits per heavy atom. The Morgan fingerprint density at radius 3 is 2.91 bits per heavy atom. The number of ether oxygens (including phenoxy) is 2. The minimum absolute atomic E-state index is 0.338. The highest BCUT2D eigenvalue weighted by Gasteiger charge is 2.27. The number of thioether (sulfide) groups is 1. The maximum atomic E-state index is 5.84. The van der Waals surface area contributed by atoms with Crippen LogP contribution < -0.4 is 9.47 Å². The summed E-state index contributed by atoms with van der Waals surface area (Å²) in [5, 5.41) is 12.4. The Hall–Kier alpha value is -2.48. The fourth-order valence-corrected chi connectivity index (χ4v) is 2.81. The zero-order chi connectivity index (χ0) is 15.6. The molecule has 0 aliphatic carbocycles. The second-order valence-electron chi connectivity index (χ2n) is 4.99. The van der Waals surface area contributed by atoms with Crippen molar-refractivity contribution >= 4 is 11.8 Å². The molecule has 1 aromatic carbocycles. The van der Waals surface area contributed by atoms with Crippen molar-refractivity contribution in [2.75, 3.05) is 6.61 Å². The summed E-state index contributed by atoms with van der Waals surface area (Å²) >= 11 is 1.39. The number of fused-ring (bicyclic) bond motifs is 1. The van der Waals surface area contributed by atoms with Crippen LogP contribution in [0.25, 0.3) is 0 Å². The van der Waals surface area contributed by atoms with Gasteiger partial charge in [0.05, 0.1) is 11.4 Å². The Balaban J connectivity index is 1.42. The molecule has 2 aromatic heterocycles. The molecule has 0 fully saturated rings. The monoisotopic (exact) mass is 331 g/mol. The molecule has 1 aliphatic rings. The zero-order valence-electron chi connectivity index (χ0n) is 12.3. The second-order valence-corrected chi connectivity index (χ2v) is 5.92. The summed E-state index contributed by atoms with van der Waals surface area (Å²) in [6.07, 6.45) is -0.403. The number of hydrogen-bond donors (Lipinski definition) is 0. The largest absolute Gasteiger partial charge is 0.485 e. The fourth-order valence-electron chi connectivity index (χ4n) is 2.17. The van der Waals surface area contributed by atoms with Gasteiger partial charge in [0.2, 0.25) is 6.10 Å². The van der Waals surface area contributed by atoms with Gasteiger partial charge in [-0.05, 0) is 19.1 Å². The summed E-state index contributed by atoms with van der Waals surface area (Å²) in [5.41, 5.74) is 0.846. The third-order valence-electron chi connectivity index (χ3n) is 3.22. The predicted octanol–water partition coefficient (Wildman–Crippen LogP) is 3.17. The number of aromatic nitrogens is 3.